The summed E-state index contributed by atoms with van der Waals surface area (Å²) in [6.45, 7) is 6.63. The summed E-state index contributed by atoms with van der Waals surface area (Å²) in [6.07, 6.45) is 1.63. The fourth-order valence-electron chi connectivity index (χ4n) is 1.85. The molecule has 0 saturated heterocycles. The summed E-state index contributed by atoms with van der Waals surface area (Å²) < 4.78 is 1.66. The maximum absolute atomic E-state index is 12.2. The van der Waals surface area contributed by atoms with E-state index in [0.717, 1.165) is 18.6 Å². The molecule has 1 heterocycles. The van der Waals surface area contributed by atoms with Gasteiger partial charge in [0, 0.05) is 0 Å². The van der Waals surface area contributed by atoms with Crippen LogP contribution in [0.4, 0.5) is 0 Å². The number of aromatic nitrogens is 2. The first kappa shape index (κ1) is 17.9. The zero-order chi connectivity index (χ0) is 12.3. The first-order valence-electron chi connectivity index (χ1n) is 5.92. The second kappa shape index (κ2) is 8.15. The van der Waals surface area contributed by atoms with Crippen LogP contribution < -0.4 is 5.56 Å². The van der Waals surface area contributed by atoms with Gasteiger partial charge in [0.05, 0.1) is 23.9 Å². The molecular formula is C13H19Cl2N3O. The van der Waals surface area contributed by atoms with Crippen molar-refractivity contribution in [2.24, 2.45) is 0 Å². The molecule has 0 bridgehead atoms. The van der Waals surface area contributed by atoms with Gasteiger partial charge in [0.25, 0.3) is 5.56 Å². The first-order valence-corrected chi connectivity index (χ1v) is 5.92. The van der Waals surface area contributed by atoms with Gasteiger partial charge in [0.2, 0.25) is 0 Å². The number of nitrogens with zero attached hydrogens (tertiary/aromatic N) is 3. The zero-order valence-electron chi connectivity index (χ0n) is 11.1. The first-order chi connectivity index (χ1) is 8.26. The molecule has 0 spiro atoms. The Kier molecular flexibility index (Phi) is 7.68. The van der Waals surface area contributed by atoms with Crippen molar-refractivity contribution in [3.05, 3.63) is 40.9 Å². The Morgan fingerprint density at radius 1 is 1.16 bits per heavy atom. The van der Waals surface area contributed by atoms with E-state index < -0.39 is 0 Å². The molecule has 1 aromatic heterocycles. The summed E-state index contributed by atoms with van der Waals surface area (Å²) in [5.41, 5.74) is 0.788. The number of hydrogen-bond acceptors (Lipinski definition) is 3. The van der Waals surface area contributed by atoms with Gasteiger partial charge >= 0.3 is 0 Å². The average molecular weight is 304 g/mol. The third kappa shape index (κ3) is 3.93. The van der Waals surface area contributed by atoms with Crippen LogP contribution in [0.25, 0.3) is 10.9 Å². The normalized spacial score (nSPS) is 10.1. The van der Waals surface area contributed by atoms with Crippen molar-refractivity contribution in [2.45, 2.75) is 20.5 Å². The molecular weight excluding hydrogens is 285 g/mol. The lowest BCUT2D eigenvalue weighted by Gasteiger charge is -2.19. The highest BCUT2D eigenvalue weighted by atomic mass is 35.5. The van der Waals surface area contributed by atoms with E-state index in [2.05, 4.69) is 23.7 Å². The minimum atomic E-state index is 0. The molecule has 0 unspecified atom stereocenters. The molecule has 1 aromatic carbocycles. The fourth-order valence-corrected chi connectivity index (χ4v) is 1.85. The summed E-state index contributed by atoms with van der Waals surface area (Å²) in [5, 5.41) is 0.683. The molecule has 0 aliphatic heterocycles. The second-order valence-corrected chi connectivity index (χ2v) is 3.98. The Morgan fingerprint density at radius 3 is 2.42 bits per heavy atom. The van der Waals surface area contributed by atoms with Crippen molar-refractivity contribution in [3.8, 4) is 0 Å². The highest BCUT2D eigenvalue weighted by molar-refractivity contribution is 5.85. The molecule has 0 saturated carbocycles. The predicted molar refractivity (Wildman–Crippen MR) is 83.4 cm³/mol. The number of fused-ring (bicyclic) bond motifs is 1. The quantitative estimate of drug-likeness (QED) is 0.871. The summed E-state index contributed by atoms with van der Waals surface area (Å²) >= 11 is 0. The molecule has 6 heteroatoms. The molecule has 106 valence electrons. The maximum Gasteiger partial charge on any atom is 0.262 e. The minimum absolute atomic E-state index is 0. The van der Waals surface area contributed by atoms with Crippen LogP contribution in [-0.2, 0) is 6.67 Å². The van der Waals surface area contributed by atoms with Gasteiger partial charge in [-0.05, 0) is 25.2 Å². The largest absolute Gasteiger partial charge is 0.286 e. The molecule has 0 radical (unpaired) electrons. The van der Waals surface area contributed by atoms with E-state index in [1.807, 2.05) is 24.3 Å². The number of halogens is 2. The van der Waals surface area contributed by atoms with Crippen LogP contribution in [0.15, 0.2) is 35.4 Å². The van der Waals surface area contributed by atoms with Crippen LogP contribution in [0.2, 0.25) is 0 Å². The standard InChI is InChI=1S/C13H17N3O.2ClH/c1-3-15(4-2)10-16-9-14-12-8-6-5-7-11(12)13(16)17;;/h5-9H,3-4,10H2,1-2H3;2*1H. The van der Waals surface area contributed by atoms with Crippen LogP contribution in [0.1, 0.15) is 13.8 Å². The Labute approximate surface area is 125 Å². The van der Waals surface area contributed by atoms with Gasteiger partial charge < -0.3 is 0 Å². The van der Waals surface area contributed by atoms with Gasteiger partial charge in [0.15, 0.2) is 0 Å². The molecule has 0 amide bonds. The number of para-hydroxylation sites is 1. The topological polar surface area (TPSA) is 38.1 Å². The SMILES string of the molecule is CCN(CC)Cn1cnc2ccccc2c1=O.Cl.Cl. The lowest BCUT2D eigenvalue weighted by atomic mass is 10.2. The lowest BCUT2D eigenvalue weighted by molar-refractivity contribution is 0.237. The van der Waals surface area contributed by atoms with E-state index in [-0.39, 0.29) is 30.4 Å². The Balaban J connectivity index is 0.00000162. The smallest absolute Gasteiger partial charge is 0.262 e. The van der Waals surface area contributed by atoms with E-state index in [1.165, 1.54) is 0 Å². The molecule has 0 N–H and O–H groups in total. The van der Waals surface area contributed by atoms with Crippen molar-refractivity contribution in [1.29, 1.82) is 0 Å². The maximum atomic E-state index is 12.2. The highest BCUT2D eigenvalue weighted by Gasteiger charge is 2.05. The third-order valence-electron chi connectivity index (χ3n) is 2.98. The Hall–Kier alpha value is -1.10. The summed E-state index contributed by atoms with van der Waals surface area (Å²) in [6, 6.07) is 7.44. The van der Waals surface area contributed by atoms with Crippen molar-refractivity contribution in [1.82, 2.24) is 14.5 Å². The fraction of sp³-hybridized carbons (Fsp3) is 0.385. The molecule has 0 atom stereocenters. The average Bonchev–Trinajstić information content (AvgIpc) is 2.38. The van der Waals surface area contributed by atoms with E-state index in [9.17, 15) is 4.79 Å². The van der Waals surface area contributed by atoms with Crippen molar-refractivity contribution >= 4 is 35.7 Å². The van der Waals surface area contributed by atoms with Crippen LogP contribution >= 0.6 is 24.8 Å². The highest BCUT2D eigenvalue weighted by Crippen LogP contribution is 2.04. The van der Waals surface area contributed by atoms with Gasteiger partial charge in [-0.1, -0.05) is 26.0 Å². The Bertz CT molecular complexity index is 567. The zero-order valence-corrected chi connectivity index (χ0v) is 12.7. The van der Waals surface area contributed by atoms with E-state index in [1.54, 1.807) is 10.9 Å². The molecule has 4 nitrogen and oxygen atoms in total. The monoisotopic (exact) mass is 303 g/mol. The van der Waals surface area contributed by atoms with Crippen LogP contribution in [0.3, 0.4) is 0 Å². The third-order valence-corrected chi connectivity index (χ3v) is 2.98. The minimum Gasteiger partial charge on any atom is -0.286 e. The predicted octanol–water partition coefficient (Wildman–Crippen LogP) is 2.54. The second-order valence-electron chi connectivity index (χ2n) is 3.98. The van der Waals surface area contributed by atoms with Gasteiger partial charge in [-0.2, -0.15) is 0 Å². The summed E-state index contributed by atoms with van der Waals surface area (Å²) in [4.78, 5) is 18.7. The molecule has 19 heavy (non-hydrogen) atoms. The van der Waals surface area contributed by atoms with E-state index >= 15 is 0 Å². The molecule has 2 rings (SSSR count). The molecule has 0 aliphatic carbocycles. The molecule has 0 aliphatic rings. The summed E-state index contributed by atoms with van der Waals surface area (Å²) in [7, 11) is 0. The molecule has 2 aromatic rings. The van der Waals surface area contributed by atoms with E-state index in [4.69, 9.17) is 0 Å². The van der Waals surface area contributed by atoms with Crippen LogP contribution in [0, 0.1) is 0 Å². The number of benzene rings is 1. The number of hydrogen-bond donors (Lipinski definition) is 0. The molecule has 0 fully saturated rings. The van der Waals surface area contributed by atoms with Crippen LogP contribution in [0.5, 0.6) is 0 Å². The van der Waals surface area contributed by atoms with Crippen LogP contribution in [-0.4, -0.2) is 27.5 Å². The Morgan fingerprint density at radius 2 is 1.79 bits per heavy atom. The van der Waals surface area contributed by atoms with Crippen molar-refractivity contribution in [3.63, 3.8) is 0 Å². The van der Waals surface area contributed by atoms with Gasteiger partial charge in [-0.25, -0.2) is 4.98 Å². The summed E-state index contributed by atoms with van der Waals surface area (Å²) in [5.74, 6) is 0. The van der Waals surface area contributed by atoms with Gasteiger partial charge in [0.1, 0.15) is 0 Å². The van der Waals surface area contributed by atoms with Gasteiger partial charge in [-0.3, -0.25) is 14.3 Å². The van der Waals surface area contributed by atoms with Crippen molar-refractivity contribution < 1.29 is 0 Å². The number of rotatable bonds is 4. The van der Waals surface area contributed by atoms with Gasteiger partial charge in [-0.15, -0.1) is 24.8 Å². The van der Waals surface area contributed by atoms with E-state index in [0.29, 0.717) is 12.1 Å². The van der Waals surface area contributed by atoms with Crippen molar-refractivity contribution in [2.75, 3.05) is 13.1 Å². The lowest BCUT2D eigenvalue weighted by Crippen LogP contribution is -2.32.